The number of carbonyl (C=O) groups excluding carboxylic acids is 1. The Bertz CT molecular complexity index is 804. The Hall–Kier alpha value is -1.64. The fourth-order valence-corrected chi connectivity index (χ4v) is 4.11. The van der Waals surface area contributed by atoms with Gasteiger partial charge < -0.3 is 9.73 Å². The van der Waals surface area contributed by atoms with Gasteiger partial charge in [0.2, 0.25) is 5.13 Å². The topological polar surface area (TPSA) is 68.0 Å². The molecule has 1 aromatic carbocycles. The molecule has 3 rings (SSSR count). The minimum absolute atomic E-state index is 0.172. The van der Waals surface area contributed by atoms with Crippen LogP contribution >= 0.6 is 39.0 Å². The molecule has 0 saturated heterocycles. The standard InChI is InChI=1S/C17H16BrN3O2S2/c18-13-7-5-12(6-8-13)15(22)4-2-10-24-17-21-20-16(25-17)19-11-14-3-1-9-23-14/h1,3,5-9H,2,4,10-11H2,(H,19,20). The van der Waals surface area contributed by atoms with Crippen molar-refractivity contribution < 1.29 is 9.21 Å². The molecule has 0 aliphatic heterocycles. The van der Waals surface area contributed by atoms with E-state index in [0.717, 1.165) is 37.4 Å². The number of anilines is 1. The summed E-state index contributed by atoms with van der Waals surface area (Å²) in [6.45, 7) is 0.591. The number of Topliss-reactive ketones (excluding diaryl/α,β-unsaturated/α-hetero) is 1. The van der Waals surface area contributed by atoms with Crippen LogP contribution in [0.1, 0.15) is 29.0 Å². The monoisotopic (exact) mass is 437 g/mol. The second-order valence-corrected chi connectivity index (χ2v) is 8.42. The number of furan rings is 1. The summed E-state index contributed by atoms with van der Waals surface area (Å²) in [7, 11) is 0. The molecule has 0 aliphatic rings. The van der Waals surface area contributed by atoms with Crippen molar-refractivity contribution in [2.75, 3.05) is 11.1 Å². The van der Waals surface area contributed by atoms with E-state index in [-0.39, 0.29) is 5.78 Å². The van der Waals surface area contributed by atoms with Crippen molar-refractivity contribution >= 4 is 49.9 Å². The Kier molecular flexibility index (Phi) is 6.66. The Morgan fingerprint density at radius 3 is 2.84 bits per heavy atom. The summed E-state index contributed by atoms with van der Waals surface area (Å²) in [6.07, 6.45) is 3.00. The van der Waals surface area contributed by atoms with Gasteiger partial charge in [-0.3, -0.25) is 4.79 Å². The number of nitrogens with one attached hydrogen (secondary N) is 1. The van der Waals surface area contributed by atoms with Crippen LogP contribution in [-0.4, -0.2) is 21.7 Å². The molecule has 0 atom stereocenters. The minimum Gasteiger partial charge on any atom is -0.467 e. The molecule has 25 heavy (non-hydrogen) atoms. The molecule has 0 bridgehead atoms. The van der Waals surface area contributed by atoms with Crippen molar-refractivity contribution in [1.29, 1.82) is 0 Å². The van der Waals surface area contributed by atoms with Crippen molar-refractivity contribution in [1.82, 2.24) is 10.2 Å². The van der Waals surface area contributed by atoms with Gasteiger partial charge >= 0.3 is 0 Å². The van der Waals surface area contributed by atoms with Crippen LogP contribution in [0.25, 0.3) is 0 Å². The summed E-state index contributed by atoms with van der Waals surface area (Å²) in [4.78, 5) is 12.1. The molecule has 0 radical (unpaired) electrons. The van der Waals surface area contributed by atoms with Crippen LogP contribution in [0.3, 0.4) is 0 Å². The van der Waals surface area contributed by atoms with E-state index < -0.39 is 0 Å². The van der Waals surface area contributed by atoms with Crippen LogP contribution in [0.5, 0.6) is 0 Å². The number of aromatic nitrogens is 2. The normalized spacial score (nSPS) is 10.8. The van der Waals surface area contributed by atoms with Gasteiger partial charge in [-0.1, -0.05) is 51.2 Å². The second kappa shape index (κ2) is 9.17. The van der Waals surface area contributed by atoms with Crippen LogP contribution in [-0.2, 0) is 6.54 Å². The maximum Gasteiger partial charge on any atom is 0.206 e. The Labute approximate surface area is 162 Å². The van der Waals surface area contributed by atoms with Gasteiger partial charge in [-0.25, -0.2) is 0 Å². The van der Waals surface area contributed by atoms with Gasteiger partial charge in [0.05, 0.1) is 12.8 Å². The summed E-state index contributed by atoms with van der Waals surface area (Å²) < 4.78 is 7.14. The number of hydrogen-bond acceptors (Lipinski definition) is 7. The van der Waals surface area contributed by atoms with E-state index >= 15 is 0 Å². The van der Waals surface area contributed by atoms with E-state index in [2.05, 4.69) is 31.4 Å². The number of ketones is 1. The third kappa shape index (κ3) is 5.69. The molecule has 0 unspecified atom stereocenters. The lowest BCUT2D eigenvalue weighted by molar-refractivity contribution is 0.0982. The predicted octanol–water partition coefficient (Wildman–Crippen LogP) is 5.26. The Morgan fingerprint density at radius 2 is 2.08 bits per heavy atom. The molecule has 130 valence electrons. The van der Waals surface area contributed by atoms with Crippen molar-refractivity contribution in [2.45, 2.75) is 23.7 Å². The van der Waals surface area contributed by atoms with E-state index in [1.165, 1.54) is 11.3 Å². The van der Waals surface area contributed by atoms with Gasteiger partial charge in [-0.15, -0.1) is 10.2 Å². The second-order valence-electron chi connectivity index (χ2n) is 5.19. The number of benzene rings is 1. The molecule has 3 aromatic rings. The number of thioether (sulfide) groups is 1. The summed E-state index contributed by atoms with van der Waals surface area (Å²) in [5, 5.41) is 12.2. The highest BCUT2D eigenvalue weighted by atomic mass is 79.9. The van der Waals surface area contributed by atoms with E-state index in [9.17, 15) is 4.79 Å². The average molecular weight is 438 g/mol. The van der Waals surface area contributed by atoms with Gasteiger partial charge in [0.15, 0.2) is 10.1 Å². The van der Waals surface area contributed by atoms with E-state index in [4.69, 9.17) is 4.42 Å². The molecule has 8 heteroatoms. The number of halogens is 1. The highest BCUT2D eigenvalue weighted by Gasteiger charge is 2.08. The first-order valence-corrected chi connectivity index (χ1v) is 10.3. The average Bonchev–Trinajstić information content (AvgIpc) is 3.29. The van der Waals surface area contributed by atoms with E-state index in [1.807, 2.05) is 36.4 Å². The first-order chi connectivity index (χ1) is 12.2. The van der Waals surface area contributed by atoms with Gasteiger partial charge in [-0.05, 0) is 30.7 Å². The third-order valence-corrected chi connectivity index (χ3v) is 5.97. The molecule has 0 spiro atoms. The van der Waals surface area contributed by atoms with Crippen molar-refractivity contribution in [3.63, 3.8) is 0 Å². The Balaban J connectivity index is 1.37. The fourth-order valence-electron chi connectivity index (χ4n) is 2.09. The Morgan fingerprint density at radius 1 is 1.24 bits per heavy atom. The summed E-state index contributed by atoms with van der Waals surface area (Å²) in [5.74, 6) is 1.87. The number of carbonyl (C=O) groups is 1. The largest absolute Gasteiger partial charge is 0.467 e. The molecule has 0 amide bonds. The van der Waals surface area contributed by atoms with Crippen LogP contribution in [0.4, 0.5) is 5.13 Å². The van der Waals surface area contributed by atoms with Crippen LogP contribution in [0.15, 0.2) is 55.9 Å². The number of nitrogens with zero attached hydrogens (tertiary/aromatic N) is 2. The van der Waals surface area contributed by atoms with Crippen molar-refractivity contribution in [2.24, 2.45) is 0 Å². The summed E-state index contributed by atoms with van der Waals surface area (Å²) in [6, 6.07) is 11.2. The highest BCUT2D eigenvalue weighted by Crippen LogP contribution is 2.26. The van der Waals surface area contributed by atoms with E-state index in [1.54, 1.807) is 18.0 Å². The zero-order chi connectivity index (χ0) is 17.5. The lowest BCUT2D eigenvalue weighted by Gasteiger charge is -2.01. The fraction of sp³-hybridized carbons (Fsp3) is 0.235. The maximum absolute atomic E-state index is 12.1. The third-order valence-electron chi connectivity index (χ3n) is 3.34. The molecular weight excluding hydrogens is 422 g/mol. The van der Waals surface area contributed by atoms with Crippen LogP contribution in [0.2, 0.25) is 0 Å². The highest BCUT2D eigenvalue weighted by molar-refractivity contribution is 9.10. The number of hydrogen-bond donors (Lipinski definition) is 1. The minimum atomic E-state index is 0.172. The van der Waals surface area contributed by atoms with Crippen molar-refractivity contribution in [3.8, 4) is 0 Å². The summed E-state index contributed by atoms with van der Waals surface area (Å²) in [5.41, 5.74) is 0.758. The van der Waals surface area contributed by atoms with Gasteiger partial charge in [0.1, 0.15) is 5.76 Å². The zero-order valence-electron chi connectivity index (χ0n) is 13.3. The summed E-state index contributed by atoms with van der Waals surface area (Å²) >= 11 is 6.51. The molecule has 0 fully saturated rings. The first kappa shape index (κ1) is 18.2. The quantitative estimate of drug-likeness (QED) is 0.279. The molecular formula is C17H16BrN3O2S2. The maximum atomic E-state index is 12.1. The van der Waals surface area contributed by atoms with Crippen LogP contribution < -0.4 is 5.32 Å². The molecule has 2 heterocycles. The van der Waals surface area contributed by atoms with Crippen molar-refractivity contribution in [3.05, 3.63) is 58.5 Å². The molecule has 0 aliphatic carbocycles. The first-order valence-electron chi connectivity index (χ1n) is 7.72. The number of rotatable bonds is 9. The SMILES string of the molecule is O=C(CCCSc1nnc(NCc2ccco2)s1)c1ccc(Br)cc1. The predicted molar refractivity (Wildman–Crippen MR) is 104 cm³/mol. The van der Waals surface area contributed by atoms with E-state index in [0.29, 0.717) is 13.0 Å². The molecule has 1 N–H and O–H groups in total. The molecule has 2 aromatic heterocycles. The molecule has 0 saturated carbocycles. The van der Waals surface area contributed by atoms with Crippen LogP contribution in [0, 0.1) is 0 Å². The lowest BCUT2D eigenvalue weighted by atomic mass is 10.1. The molecule has 5 nitrogen and oxygen atoms in total. The zero-order valence-corrected chi connectivity index (χ0v) is 16.5. The smallest absolute Gasteiger partial charge is 0.206 e. The van der Waals surface area contributed by atoms with Gasteiger partial charge in [-0.2, -0.15) is 0 Å². The lowest BCUT2D eigenvalue weighted by Crippen LogP contribution is -1.99. The van der Waals surface area contributed by atoms with Gasteiger partial charge in [0.25, 0.3) is 0 Å². The van der Waals surface area contributed by atoms with Gasteiger partial charge in [0, 0.05) is 22.2 Å².